The van der Waals surface area contributed by atoms with Gasteiger partial charge in [0.2, 0.25) is 5.91 Å². The molecule has 8 heteroatoms. The molecular weight excluding hydrogens is 361 g/mol. The fourth-order valence-electron chi connectivity index (χ4n) is 2.38. The lowest BCUT2D eigenvalue weighted by atomic mass is 10.2. The van der Waals surface area contributed by atoms with Gasteiger partial charge in [-0.3, -0.25) is 4.79 Å². The number of halogens is 3. The van der Waals surface area contributed by atoms with E-state index < -0.39 is 18.0 Å². The van der Waals surface area contributed by atoms with Crippen molar-refractivity contribution in [2.75, 3.05) is 5.32 Å². The summed E-state index contributed by atoms with van der Waals surface area (Å²) in [6, 6.07) is 14.7. The zero-order chi connectivity index (χ0) is 19.3. The molecule has 140 valence electrons. The first-order valence-electron chi connectivity index (χ1n) is 8.05. The molecule has 2 aromatic carbocycles. The third kappa shape index (κ3) is 5.34. The van der Waals surface area contributed by atoms with E-state index in [1.165, 1.54) is 18.2 Å². The number of ether oxygens (including phenoxy) is 1. The highest BCUT2D eigenvalue weighted by atomic mass is 19.4. The number of aryl methyl sites for hydroxylation is 1. The second-order valence-electron chi connectivity index (χ2n) is 5.58. The van der Waals surface area contributed by atoms with Gasteiger partial charge in [0.15, 0.2) is 17.4 Å². The van der Waals surface area contributed by atoms with Crippen LogP contribution in [0.3, 0.4) is 0 Å². The van der Waals surface area contributed by atoms with Crippen LogP contribution in [0.4, 0.5) is 18.9 Å². The van der Waals surface area contributed by atoms with Gasteiger partial charge in [-0.25, -0.2) is 4.98 Å². The van der Waals surface area contributed by atoms with E-state index in [-0.39, 0.29) is 18.5 Å². The number of alkyl halides is 3. The van der Waals surface area contributed by atoms with Gasteiger partial charge in [-0.15, -0.1) is 13.2 Å². The molecule has 3 rings (SSSR count). The first-order chi connectivity index (χ1) is 12.9. The molecule has 0 saturated carbocycles. The normalized spacial score (nSPS) is 11.2. The Kier molecular flexibility index (Phi) is 5.44. The summed E-state index contributed by atoms with van der Waals surface area (Å²) in [6.45, 7) is 0. The summed E-state index contributed by atoms with van der Waals surface area (Å²) in [4.78, 5) is 16.2. The number of oxazole rings is 1. The smallest absolute Gasteiger partial charge is 0.441 e. The molecule has 27 heavy (non-hydrogen) atoms. The minimum atomic E-state index is -4.84. The van der Waals surface area contributed by atoms with Crippen molar-refractivity contribution in [3.63, 3.8) is 0 Å². The van der Waals surface area contributed by atoms with Crippen molar-refractivity contribution < 1.29 is 27.1 Å². The van der Waals surface area contributed by atoms with Crippen LogP contribution in [-0.2, 0) is 11.2 Å². The van der Waals surface area contributed by atoms with Gasteiger partial charge in [0, 0.05) is 18.4 Å². The summed E-state index contributed by atoms with van der Waals surface area (Å²) in [5.74, 6) is -0.00714. The molecule has 0 bridgehead atoms. The average molecular weight is 376 g/mol. The molecule has 0 spiro atoms. The zero-order valence-corrected chi connectivity index (χ0v) is 14.0. The lowest BCUT2D eigenvalue weighted by Crippen LogP contribution is -2.19. The first kappa shape index (κ1) is 18.5. The second-order valence-corrected chi connectivity index (χ2v) is 5.58. The maximum Gasteiger partial charge on any atom is 0.573 e. The molecule has 0 aliphatic heterocycles. The highest BCUT2D eigenvalue weighted by molar-refractivity contribution is 5.92. The lowest BCUT2D eigenvalue weighted by Gasteiger charge is -2.13. The van der Waals surface area contributed by atoms with E-state index in [1.807, 2.05) is 30.3 Å². The van der Waals surface area contributed by atoms with Crippen LogP contribution in [0, 0.1) is 0 Å². The minimum Gasteiger partial charge on any atom is -0.441 e. The summed E-state index contributed by atoms with van der Waals surface area (Å²) < 4.78 is 46.7. The van der Waals surface area contributed by atoms with Gasteiger partial charge >= 0.3 is 6.36 Å². The summed E-state index contributed by atoms with van der Waals surface area (Å²) in [5.41, 5.74) is 0.802. The Hall–Kier alpha value is -3.29. The number of rotatable bonds is 6. The van der Waals surface area contributed by atoms with E-state index in [4.69, 9.17) is 4.42 Å². The van der Waals surface area contributed by atoms with Crippen molar-refractivity contribution in [1.29, 1.82) is 0 Å². The molecule has 1 aromatic heterocycles. The maximum atomic E-state index is 12.4. The number of carbonyl (C=O) groups is 1. The highest BCUT2D eigenvalue weighted by Crippen LogP contribution is 2.30. The van der Waals surface area contributed by atoms with Crippen LogP contribution in [0.1, 0.15) is 12.3 Å². The summed E-state index contributed by atoms with van der Waals surface area (Å²) in [7, 11) is 0. The fourth-order valence-corrected chi connectivity index (χ4v) is 2.38. The van der Waals surface area contributed by atoms with E-state index in [2.05, 4.69) is 15.0 Å². The number of nitrogens with one attached hydrogen (secondary N) is 1. The number of para-hydroxylation sites is 2. The summed E-state index contributed by atoms with van der Waals surface area (Å²) in [6.07, 6.45) is -3.07. The highest BCUT2D eigenvalue weighted by Gasteiger charge is 2.32. The van der Waals surface area contributed by atoms with Gasteiger partial charge < -0.3 is 14.5 Å². The Morgan fingerprint density at radius 1 is 1.07 bits per heavy atom. The number of hydrogen-bond acceptors (Lipinski definition) is 4. The van der Waals surface area contributed by atoms with Gasteiger partial charge in [0.25, 0.3) is 0 Å². The average Bonchev–Trinajstić information content (AvgIpc) is 3.10. The number of hydrogen-bond donors (Lipinski definition) is 1. The molecule has 0 atom stereocenters. The summed E-state index contributed by atoms with van der Waals surface area (Å²) >= 11 is 0. The van der Waals surface area contributed by atoms with Crippen molar-refractivity contribution in [1.82, 2.24) is 4.98 Å². The van der Waals surface area contributed by atoms with Gasteiger partial charge in [-0.1, -0.05) is 42.5 Å². The minimum absolute atomic E-state index is 0.00487. The zero-order valence-electron chi connectivity index (χ0n) is 14.0. The number of nitrogens with zero attached hydrogens (tertiary/aromatic N) is 1. The number of aromatic nitrogens is 1. The fraction of sp³-hybridized carbons (Fsp3) is 0.158. The van der Waals surface area contributed by atoms with Crippen LogP contribution < -0.4 is 10.1 Å². The third-order valence-corrected chi connectivity index (χ3v) is 3.56. The van der Waals surface area contributed by atoms with Gasteiger partial charge in [-0.2, -0.15) is 0 Å². The molecular formula is C19H15F3N2O3. The number of amides is 1. The Bertz CT molecular complexity index is 908. The third-order valence-electron chi connectivity index (χ3n) is 3.56. The van der Waals surface area contributed by atoms with Crippen molar-refractivity contribution in [3.05, 3.63) is 66.7 Å². The molecule has 0 radical (unpaired) electrons. The summed E-state index contributed by atoms with van der Waals surface area (Å²) in [5, 5.41) is 2.41. The predicted molar refractivity (Wildman–Crippen MR) is 92.0 cm³/mol. The van der Waals surface area contributed by atoms with E-state index in [0.717, 1.165) is 11.6 Å². The standard InChI is InChI=1S/C19H15F3N2O3/c20-19(21,22)27-15-9-5-4-8-14(15)24-17(25)10-11-18-23-12-16(26-18)13-6-2-1-3-7-13/h1-9,12H,10-11H2,(H,24,25). The molecule has 1 heterocycles. The molecule has 1 amide bonds. The number of anilines is 1. The van der Waals surface area contributed by atoms with Crippen molar-refractivity contribution in [2.45, 2.75) is 19.2 Å². The van der Waals surface area contributed by atoms with Gasteiger partial charge in [-0.05, 0) is 12.1 Å². The SMILES string of the molecule is O=C(CCc1ncc(-c2ccccc2)o1)Nc1ccccc1OC(F)(F)F. The van der Waals surface area contributed by atoms with E-state index in [9.17, 15) is 18.0 Å². The van der Waals surface area contributed by atoms with Crippen molar-refractivity contribution in [2.24, 2.45) is 0 Å². The molecule has 1 N–H and O–H groups in total. The largest absolute Gasteiger partial charge is 0.573 e. The molecule has 0 unspecified atom stereocenters. The monoisotopic (exact) mass is 376 g/mol. The van der Waals surface area contributed by atoms with Gasteiger partial charge in [0.1, 0.15) is 0 Å². The molecule has 3 aromatic rings. The molecule has 5 nitrogen and oxygen atoms in total. The van der Waals surface area contributed by atoms with Crippen molar-refractivity contribution >= 4 is 11.6 Å². The van der Waals surface area contributed by atoms with Crippen LogP contribution in [0.15, 0.2) is 65.2 Å². The lowest BCUT2D eigenvalue weighted by molar-refractivity contribution is -0.274. The van der Waals surface area contributed by atoms with Crippen LogP contribution >= 0.6 is 0 Å². The molecule has 0 saturated heterocycles. The topological polar surface area (TPSA) is 64.4 Å². The molecule has 0 fully saturated rings. The predicted octanol–water partition coefficient (Wildman–Crippen LogP) is 4.81. The van der Waals surface area contributed by atoms with E-state index >= 15 is 0 Å². The van der Waals surface area contributed by atoms with E-state index in [0.29, 0.717) is 11.7 Å². The Balaban J connectivity index is 1.59. The Morgan fingerprint density at radius 3 is 2.52 bits per heavy atom. The van der Waals surface area contributed by atoms with Crippen LogP contribution in [0.2, 0.25) is 0 Å². The molecule has 0 aliphatic carbocycles. The van der Waals surface area contributed by atoms with E-state index in [1.54, 1.807) is 6.20 Å². The Labute approximate surface area is 152 Å². The molecule has 0 aliphatic rings. The van der Waals surface area contributed by atoms with Crippen LogP contribution in [0.25, 0.3) is 11.3 Å². The van der Waals surface area contributed by atoms with Gasteiger partial charge in [0.05, 0.1) is 11.9 Å². The van der Waals surface area contributed by atoms with Crippen LogP contribution in [0.5, 0.6) is 5.75 Å². The van der Waals surface area contributed by atoms with Crippen molar-refractivity contribution in [3.8, 4) is 17.1 Å². The first-order valence-corrected chi connectivity index (χ1v) is 8.05. The maximum absolute atomic E-state index is 12.4. The van der Waals surface area contributed by atoms with Crippen LogP contribution in [-0.4, -0.2) is 17.3 Å². The number of carbonyl (C=O) groups excluding carboxylic acids is 1. The quantitative estimate of drug-likeness (QED) is 0.670. The number of benzene rings is 2. The Morgan fingerprint density at radius 2 is 1.78 bits per heavy atom. The second kappa shape index (κ2) is 7.94.